The van der Waals surface area contributed by atoms with Gasteiger partial charge in [-0.1, -0.05) is 0 Å². The second-order valence-electron chi connectivity index (χ2n) is 6.98. The van der Waals surface area contributed by atoms with Crippen LogP contribution in [0.1, 0.15) is 30.7 Å². The molecule has 0 amide bonds. The number of rotatable bonds is 5. The molecule has 11 heteroatoms. The summed E-state index contributed by atoms with van der Waals surface area (Å²) in [4.78, 5) is 27.9. The zero-order valence-electron chi connectivity index (χ0n) is 16.4. The molecular formula is C21H15F3N6O2. The largest absolute Gasteiger partial charge is 0.439 e. The summed E-state index contributed by atoms with van der Waals surface area (Å²) in [7, 11) is 0. The fourth-order valence-corrected chi connectivity index (χ4v) is 3.14. The molecule has 1 fully saturated rings. The van der Waals surface area contributed by atoms with Crippen LogP contribution in [0.3, 0.4) is 0 Å². The number of aromatic nitrogens is 4. The van der Waals surface area contributed by atoms with Crippen LogP contribution >= 0.6 is 0 Å². The van der Waals surface area contributed by atoms with Crippen molar-refractivity contribution < 1.29 is 22.7 Å². The van der Waals surface area contributed by atoms with Crippen molar-refractivity contribution in [2.24, 2.45) is 0 Å². The number of Topliss-reactive ketones (excluding diaryl/α,β-unsaturated/α-hetero) is 1. The Kier molecular flexibility index (Phi) is 5.68. The maximum atomic E-state index is 12.6. The van der Waals surface area contributed by atoms with Gasteiger partial charge >= 0.3 is 6.18 Å². The molecule has 3 aromatic rings. The molecule has 1 N–H and O–H groups in total. The van der Waals surface area contributed by atoms with Crippen LogP contribution in [0.25, 0.3) is 11.4 Å². The molecule has 0 saturated heterocycles. The zero-order valence-corrected chi connectivity index (χ0v) is 16.4. The van der Waals surface area contributed by atoms with Gasteiger partial charge < -0.3 is 10.1 Å². The van der Waals surface area contributed by atoms with E-state index in [0.717, 1.165) is 18.6 Å². The van der Waals surface area contributed by atoms with Gasteiger partial charge in [0.05, 0.1) is 11.6 Å². The minimum atomic E-state index is -4.47. The van der Waals surface area contributed by atoms with E-state index in [1.165, 1.54) is 0 Å². The van der Waals surface area contributed by atoms with E-state index in [1.54, 1.807) is 24.3 Å². The minimum absolute atomic E-state index is 0.00500. The predicted molar refractivity (Wildman–Crippen MR) is 106 cm³/mol. The fraction of sp³-hybridized carbons (Fsp3) is 0.238. The molecule has 1 aliphatic carbocycles. The van der Waals surface area contributed by atoms with Gasteiger partial charge in [-0.3, -0.25) is 4.79 Å². The molecule has 2 aromatic heterocycles. The Bertz CT molecular complexity index is 1170. The number of hydrogen-bond donors (Lipinski definition) is 1. The number of hydrogen-bond acceptors (Lipinski definition) is 8. The van der Waals surface area contributed by atoms with Gasteiger partial charge in [-0.15, -0.1) is 0 Å². The van der Waals surface area contributed by atoms with Gasteiger partial charge in [0, 0.05) is 24.2 Å². The highest BCUT2D eigenvalue weighted by Gasteiger charge is 2.30. The van der Waals surface area contributed by atoms with Gasteiger partial charge in [0.15, 0.2) is 11.6 Å². The highest BCUT2D eigenvalue weighted by molar-refractivity contribution is 5.88. The predicted octanol–water partition coefficient (Wildman–Crippen LogP) is 4.15. The summed E-state index contributed by atoms with van der Waals surface area (Å²) >= 11 is 0. The maximum absolute atomic E-state index is 12.6. The van der Waals surface area contributed by atoms with Crippen LogP contribution in [0.2, 0.25) is 0 Å². The lowest BCUT2D eigenvalue weighted by Crippen LogP contribution is -2.25. The first-order chi connectivity index (χ1) is 15.3. The van der Waals surface area contributed by atoms with Gasteiger partial charge in [-0.2, -0.15) is 33.4 Å². The van der Waals surface area contributed by atoms with Crippen molar-refractivity contribution in [2.75, 3.05) is 5.32 Å². The monoisotopic (exact) mass is 440 g/mol. The Balaban J connectivity index is 1.51. The summed E-state index contributed by atoms with van der Waals surface area (Å²) in [6.45, 7) is 0. The smallest absolute Gasteiger partial charge is 0.417 e. The van der Waals surface area contributed by atoms with E-state index in [0.29, 0.717) is 30.4 Å². The van der Waals surface area contributed by atoms with Crippen molar-refractivity contribution in [1.82, 2.24) is 19.9 Å². The molecule has 0 bridgehead atoms. The maximum Gasteiger partial charge on any atom is 0.417 e. The minimum Gasteiger partial charge on any atom is -0.439 e. The molecule has 4 rings (SSSR count). The molecule has 1 aromatic carbocycles. The lowest BCUT2D eigenvalue weighted by atomic mass is 10.2. The number of nitrogens with zero attached hydrogens (tertiary/aromatic N) is 5. The first-order valence-electron chi connectivity index (χ1n) is 9.59. The summed E-state index contributed by atoms with van der Waals surface area (Å²) in [5.41, 5.74) is -0.315. The summed E-state index contributed by atoms with van der Waals surface area (Å²) in [5, 5.41) is 12.2. The Morgan fingerprint density at radius 1 is 1.09 bits per heavy atom. The average molecular weight is 440 g/mol. The van der Waals surface area contributed by atoms with Gasteiger partial charge in [0.25, 0.3) is 0 Å². The number of alkyl halides is 3. The Hall–Kier alpha value is -4.07. The molecule has 0 unspecified atom stereocenters. The van der Waals surface area contributed by atoms with Gasteiger partial charge in [-0.05, 0) is 43.2 Å². The van der Waals surface area contributed by atoms with E-state index < -0.39 is 11.7 Å². The molecule has 2 heterocycles. The number of ketones is 1. The van der Waals surface area contributed by atoms with Crippen LogP contribution in [0.4, 0.5) is 19.1 Å². The molecule has 0 radical (unpaired) electrons. The molecule has 1 saturated carbocycles. The highest BCUT2D eigenvalue weighted by atomic mass is 19.4. The van der Waals surface area contributed by atoms with Gasteiger partial charge in [0.2, 0.25) is 17.7 Å². The Morgan fingerprint density at radius 2 is 1.88 bits per heavy atom. The zero-order chi connectivity index (χ0) is 22.7. The number of carbonyl (C=O) groups excluding carboxylic acids is 1. The first kappa shape index (κ1) is 21.2. The lowest BCUT2D eigenvalue weighted by molar-refractivity contribution is -0.137. The van der Waals surface area contributed by atoms with Crippen LogP contribution in [0, 0.1) is 11.3 Å². The SMILES string of the molecule is N#Cc1nc(N[C@H]2CCCC2=O)nc(-c2ccc(Oc3ccc(C(F)(F)F)cn3)cc2)n1. The van der Waals surface area contributed by atoms with Gasteiger partial charge in [0.1, 0.15) is 11.8 Å². The molecule has 8 nitrogen and oxygen atoms in total. The second kappa shape index (κ2) is 8.58. The summed E-state index contributed by atoms with van der Waals surface area (Å²) < 4.78 is 43.4. The van der Waals surface area contributed by atoms with E-state index in [9.17, 15) is 23.2 Å². The summed E-state index contributed by atoms with van der Waals surface area (Å²) in [6, 6.07) is 9.89. The summed E-state index contributed by atoms with van der Waals surface area (Å²) in [5.74, 6) is 0.682. The van der Waals surface area contributed by atoms with E-state index in [-0.39, 0.29) is 35.3 Å². The number of carbonyl (C=O) groups is 1. The number of nitriles is 1. The highest BCUT2D eigenvalue weighted by Crippen LogP contribution is 2.30. The number of anilines is 1. The molecule has 0 aliphatic heterocycles. The third-order valence-corrected chi connectivity index (χ3v) is 4.74. The summed E-state index contributed by atoms with van der Waals surface area (Å²) in [6.07, 6.45) is -1.82. The third kappa shape index (κ3) is 4.80. The Morgan fingerprint density at radius 3 is 2.47 bits per heavy atom. The van der Waals surface area contributed by atoms with Crippen LogP contribution in [-0.4, -0.2) is 31.8 Å². The fourth-order valence-electron chi connectivity index (χ4n) is 3.14. The first-order valence-corrected chi connectivity index (χ1v) is 9.59. The molecular weight excluding hydrogens is 425 g/mol. The van der Waals surface area contributed by atoms with E-state index in [2.05, 4.69) is 25.3 Å². The number of pyridine rings is 1. The molecule has 0 spiro atoms. The van der Waals surface area contributed by atoms with Crippen molar-refractivity contribution in [3.63, 3.8) is 0 Å². The van der Waals surface area contributed by atoms with E-state index >= 15 is 0 Å². The third-order valence-electron chi connectivity index (χ3n) is 4.74. The van der Waals surface area contributed by atoms with Crippen molar-refractivity contribution >= 4 is 11.7 Å². The van der Waals surface area contributed by atoms with Crippen LogP contribution < -0.4 is 10.1 Å². The molecule has 1 atom stereocenters. The van der Waals surface area contributed by atoms with Crippen molar-refractivity contribution in [3.05, 3.63) is 54.0 Å². The topological polar surface area (TPSA) is 114 Å². The van der Waals surface area contributed by atoms with Crippen LogP contribution in [0.5, 0.6) is 11.6 Å². The van der Waals surface area contributed by atoms with Crippen molar-refractivity contribution in [2.45, 2.75) is 31.5 Å². The van der Waals surface area contributed by atoms with Crippen LogP contribution in [0.15, 0.2) is 42.6 Å². The number of halogens is 3. The Labute approximate surface area is 180 Å². The standard InChI is InChI=1S/C21H15F3N6O2/c22-21(23,24)13-6-9-18(26-11-13)32-14-7-4-12(5-8-14)19-28-17(10-25)29-20(30-19)27-15-2-1-3-16(15)31/h4-9,11,15H,1-3H2,(H,27,28,29,30)/t15-/m0/s1. The number of ether oxygens (including phenoxy) is 1. The second-order valence-corrected chi connectivity index (χ2v) is 6.98. The lowest BCUT2D eigenvalue weighted by Gasteiger charge is -2.12. The molecule has 162 valence electrons. The quantitative estimate of drug-likeness (QED) is 0.629. The molecule has 1 aliphatic rings. The van der Waals surface area contributed by atoms with Gasteiger partial charge in [-0.25, -0.2) is 4.98 Å². The van der Waals surface area contributed by atoms with Crippen molar-refractivity contribution in [3.8, 4) is 29.1 Å². The normalized spacial score (nSPS) is 15.9. The van der Waals surface area contributed by atoms with E-state index in [4.69, 9.17) is 4.74 Å². The molecule has 32 heavy (non-hydrogen) atoms. The number of nitrogens with one attached hydrogen (secondary N) is 1. The number of benzene rings is 1. The van der Waals surface area contributed by atoms with Crippen LogP contribution in [-0.2, 0) is 11.0 Å². The average Bonchev–Trinajstić information content (AvgIpc) is 3.18. The van der Waals surface area contributed by atoms with E-state index in [1.807, 2.05) is 6.07 Å². The van der Waals surface area contributed by atoms with Crippen molar-refractivity contribution in [1.29, 1.82) is 5.26 Å².